The van der Waals surface area contributed by atoms with Gasteiger partial charge in [0.2, 0.25) is 0 Å². The molecule has 4 N–H and O–H groups in total. The molecule has 0 saturated heterocycles. The standard InChI is InChI=1S/C15H23N3O/c1-10-4-3-5-14(11(10)2)18-15(19)17-13-8-6-12(16)7-9-13/h6-11,14H,3-5,16H2,1-2H3,(H2,17,18,19). The number of benzene rings is 1. The Balaban J connectivity index is 1.88. The van der Waals surface area contributed by atoms with Crippen molar-refractivity contribution >= 4 is 17.4 Å². The molecular weight excluding hydrogens is 238 g/mol. The highest BCUT2D eigenvalue weighted by Crippen LogP contribution is 2.29. The molecule has 1 aromatic rings. The fourth-order valence-corrected chi connectivity index (χ4v) is 2.69. The Hall–Kier alpha value is -1.71. The van der Waals surface area contributed by atoms with E-state index in [1.807, 2.05) is 12.1 Å². The van der Waals surface area contributed by atoms with Crippen LogP contribution in [0.3, 0.4) is 0 Å². The molecule has 1 aliphatic carbocycles. The topological polar surface area (TPSA) is 67.2 Å². The molecule has 0 radical (unpaired) electrons. The van der Waals surface area contributed by atoms with Crippen molar-refractivity contribution in [1.82, 2.24) is 5.32 Å². The Labute approximate surface area is 114 Å². The minimum absolute atomic E-state index is 0.129. The number of nitrogens with one attached hydrogen (secondary N) is 2. The average molecular weight is 261 g/mol. The van der Waals surface area contributed by atoms with E-state index in [4.69, 9.17) is 5.73 Å². The van der Waals surface area contributed by atoms with Crippen LogP contribution < -0.4 is 16.4 Å². The number of urea groups is 1. The first-order valence-electron chi connectivity index (χ1n) is 6.99. The van der Waals surface area contributed by atoms with Crippen molar-refractivity contribution in [1.29, 1.82) is 0 Å². The van der Waals surface area contributed by atoms with E-state index in [1.54, 1.807) is 12.1 Å². The van der Waals surface area contributed by atoms with Gasteiger partial charge in [0.25, 0.3) is 0 Å². The summed E-state index contributed by atoms with van der Waals surface area (Å²) in [6.07, 6.45) is 3.53. The van der Waals surface area contributed by atoms with Crippen molar-refractivity contribution in [3.8, 4) is 0 Å². The van der Waals surface area contributed by atoms with Gasteiger partial charge in [0, 0.05) is 17.4 Å². The molecule has 0 bridgehead atoms. The number of hydrogen-bond donors (Lipinski definition) is 3. The molecule has 19 heavy (non-hydrogen) atoms. The van der Waals surface area contributed by atoms with Crippen LogP contribution in [-0.2, 0) is 0 Å². The minimum Gasteiger partial charge on any atom is -0.399 e. The molecule has 4 heteroatoms. The summed E-state index contributed by atoms with van der Waals surface area (Å²) >= 11 is 0. The van der Waals surface area contributed by atoms with Gasteiger partial charge in [0.05, 0.1) is 0 Å². The lowest BCUT2D eigenvalue weighted by Gasteiger charge is -2.34. The summed E-state index contributed by atoms with van der Waals surface area (Å²) in [6, 6.07) is 7.32. The average Bonchev–Trinajstić information content (AvgIpc) is 2.38. The third-order valence-corrected chi connectivity index (χ3v) is 4.19. The smallest absolute Gasteiger partial charge is 0.319 e. The van der Waals surface area contributed by atoms with E-state index in [9.17, 15) is 4.79 Å². The van der Waals surface area contributed by atoms with Gasteiger partial charge >= 0.3 is 6.03 Å². The molecule has 2 rings (SSSR count). The second kappa shape index (κ2) is 5.95. The van der Waals surface area contributed by atoms with Crippen LogP contribution in [0, 0.1) is 11.8 Å². The summed E-state index contributed by atoms with van der Waals surface area (Å²) in [5, 5.41) is 5.93. The Morgan fingerprint density at radius 3 is 2.58 bits per heavy atom. The van der Waals surface area contributed by atoms with Crippen molar-refractivity contribution in [3.63, 3.8) is 0 Å². The maximum absolute atomic E-state index is 12.0. The molecular formula is C15H23N3O. The predicted molar refractivity (Wildman–Crippen MR) is 79.0 cm³/mol. The van der Waals surface area contributed by atoms with Crippen molar-refractivity contribution in [2.24, 2.45) is 11.8 Å². The molecule has 0 aromatic heterocycles. The highest BCUT2D eigenvalue weighted by molar-refractivity contribution is 5.89. The fourth-order valence-electron chi connectivity index (χ4n) is 2.69. The van der Waals surface area contributed by atoms with Crippen LogP contribution in [0.5, 0.6) is 0 Å². The summed E-state index contributed by atoms with van der Waals surface area (Å²) in [6.45, 7) is 4.48. The number of nitrogens with two attached hydrogens (primary N) is 1. The molecule has 1 saturated carbocycles. The first kappa shape index (κ1) is 13.7. The lowest BCUT2D eigenvalue weighted by atomic mass is 9.78. The summed E-state index contributed by atoms with van der Waals surface area (Å²) in [7, 11) is 0. The van der Waals surface area contributed by atoms with Gasteiger partial charge in [-0.2, -0.15) is 0 Å². The van der Waals surface area contributed by atoms with Gasteiger partial charge < -0.3 is 16.4 Å². The van der Waals surface area contributed by atoms with Crippen LogP contribution in [0.1, 0.15) is 33.1 Å². The number of nitrogen functional groups attached to an aromatic ring is 1. The SMILES string of the molecule is CC1CCCC(NC(=O)Nc2ccc(N)cc2)C1C. The van der Waals surface area contributed by atoms with Gasteiger partial charge in [-0.25, -0.2) is 4.79 Å². The molecule has 3 atom stereocenters. The Morgan fingerprint density at radius 1 is 1.21 bits per heavy atom. The van der Waals surface area contributed by atoms with E-state index in [0.29, 0.717) is 17.5 Å². The van der Waals surface area contributed by atoms with E-state index in [0.717, 1.165) is 12.1 Å². The van der Waals surface area contributed by atoms with Crippen LogP contribution >= 0.6 is 0 Å². The molecule has 1 aromatic carbocycles. The van der Waals surface area contributed by atoms with Crippen LogP contribution in [-0.4, -0.2) is 12.1 Å². The van der Waals surface area contributed by atoms with E-state index in [1.165, 1.54) is 12.8 Å². The van der Waals surface area contributed by atoms with Gasteiger partial charge in [-0.3, -0.25) is 0 Å². The van der Waals surface area contributed by atoms with Crippen LogP contribution in [0.4, 0.5) is 16.2 Å². The van der Waals surface area contributed by atoms with E-state index in [-0.39, 0.29) is 12.1 Å². The predicted octanol–water partition coefficient (Wildman–Crippen LogP) is 3.22. The van der Waals surface area contributed by atoms with Crippen molar-refractivity contribution < 1.29 is 4.79 Å². The molecule has 0 spiro atoms. The van der Waals surface area contributed by atoms with Gasteiger partial charge in [-0.15, -0.1) is 0 Å². The first-order chi connectivity index (χ1) is 9.06. The Bertz CT molecular complexity index is 430. The first-order valence-corrected chi connectivity index (χ1v) is 6.99. The van der Waals surface area contributed by atoms with Crippen molar-refractivity contribution in [2.45, 2.75) is 39.2 Å². The second-order valence-corrected chi connectivity index (χ2v) is 5.59. The summed E-state index contributed by atoms with van der Waals surface area (Å²) in [5.74, 6) is 1.21. The van der Waals surface area contributed by atoms with Crippen molar-refractivity contribution in [3.05, 3.63) is 24.3 Å². The minimum atomic E-state index is -0.129. The number of anilines is 2. The zero-order chi connectivity index (χ0) is 13.8. The normalized spacial score (nSPS) is 26.7. The van der Waals surface area contributed by atoms with Gasteiger partial charge in [-0.05, 0) is 42.5 Å². The number of amides is 2. The molecule has 1 fully saturated rings. The van der Waals surface area contributed by atoms with Crippen LogP contribution in [0.15, 0.2) is 24.3 Å². The van der Waals surface area contributed by atoms with E-state index >= 15 is 0 Å². The van der Waals surface area contributed by atoms with Crippen LogP contribution in [0.2, 0.25) is 0 Å². The molecule has 104 valence electrons. The molecule has 2 amide bonds. The van der Waals surface area contributed by atoms with Gasteiger partial charge in [-0.1, -0.05) is 26.7 Å². The van der Waals surface area contributed by atoms with E-state index in [2.05, 4.69) is 24.5 Å². The second-order valence-electron chi connectivity index (χ2n) is 5.59. The monoisotopic (exact) mass is 261 g/mol. The number of hydrogen-bond acceptors (Lipinski definition) is 2. The maximum atomic E-state index is 12.0. The highest BCUT2D eigenvalue weighted by Gasteiger charge is 2.27. The quantitative estimate of drug-likeness (QED) is 0.716. The van der Waals surface area contributed by atoms with Crippen molar-refractivity contribution in [2.75, 3.05) is 11.1 Å². The van der Waals surface area contributed by atoms with Gasteiger partial charge in [0.15, 0.2) is 0 Å². The zero-order valence-electron chi connectivity index (χ0n) is 11.6. The zero-order valence-corrected chi connectivity index (χ0v) is 11.6. The molecule has 3 unspecified atom stereocenters. The van der Waals surface area contributed by atoms with Crippen LogP contribution in [0.25, 0.3) is 0 Å². The third kappa shape index (κ3) is 3.63. The Morgan fingerprint density at radius 2 is 1.89 bits per heavy atom. The van der Waals surface area contributed by atoms with E-state index < -0.39 is 0 Å². The molecule has 0 aliphatic heterocycles. The highest BCUT2D eigenvalue weighted by atomic mass is 16.2. The number of rotatable bonds is 2. The number of carbonyl (C=O) groups is 1. The fraction of sp³-hybridized carbons (Fsp3) is 0.533. The summed E-state index contributed by atoms with van der Waals surface area (Å²) < 4.78 is 0. The Kier molecular flexibility index (Phi) is 4.30. The van der Waals surface area contributed by atoms with Gasteiger partial charge in [0.1, 0.15) is 0 Å². The largest absolute Gasteiger partial charge is 0.399 e. The lowest BCUT2D eigenvalue weighted by Crippen LogP contribution is -2.45. The summed E-state index contributed by atoms with van der Waals surface area (Å²) in [4.78, 5) is 12.0. The summed E-state index contributed by atoms with van der Waals surface area (Å²) in [5.41, 5.74) is 7.07. The lowest BCUT2D eigenvalue weighted by molar-refractivity contribution is 0.201. The maximum Gasteiger partial charge on any atom is 0.319 e. The molecule has 4 nitrogen and oxygen atoms in total. The molecule has 1 aliphatic rings. The third-order valence-electron chi connectivity index (χ3n) is 4.19. The molecule has 0 heterocycles. The number of carbonyl (C=O) groups excluding carboxylic acids is 1.